The Morgan fingerprint density at radius 1 is 1.54 bits per heavy atom. The van der Waals surface area contributed by atoms with Gasteiger partial charge in [-0.2, -0.15) is 0 Å². The van der Waals surface area contributed by atoms with Gasteiger partial charge in [-0.05, 0) is 26.3 Å². The van der Waals surface area contributed by atoms with Crippen molar-refractivity contribution in [2.24, 2.45) is 11.8 Å². The molecule has 0 aromatic carbocycles. The monoisotopic (exact) mass is 183 g/mol. The fraction of sp³-hybridized carbons (Fsp3) is 0.909. The summed E-state index contributed by atoms with van der Waals surface area (Å²) >= 11 is 0. The molecule has 1 aliphatic heterocycles. The normalized spacial score (nSPS) is 31.3. The molecule has 1 fully saturated rings. The van der Waals surface area contributed by atoms with E-state index in [0.717, 1.165) is 19.4 Å². The van der Waals surface area contributed by atoms with Gasteiger partial charge in [-0.25, -0.2) is 0 Å². The number of hydrogen-bond acceptors (Lipinski definition) is 2. The van der Waals surface area contributed by atoms with E-state index in [9.17, 15) is 4.79 Å². The maximum atomic E-state index is 11.7. The van der Waals surface area contributed by atoms with Crippen molar-refractivity contribution in [2.45, 2.75) is 39.7 Å². The van der Waals surface area contributed by atoms with E-state index in [1.54, 1.807) is 0 Å². The molecule has 0 N–H and O–H groups in total. The summed E-state index contributed by atoms with van der Waals surface area (Å²) in [5.41, 5.74) is 0. The van der Waals surface area contributed by atoms with Crippen molar-refractivity contribution >= 4 is 5.78 Å². The third kappa shape index (κ3) is 2.80. The molecule has 1 saturated heterocycles. The van der Waals surface area contributed by atoms with Gasteiger partial charge in [-0.1, -0.05) is 13.8 Å². The molecule has 13 heavy (non-hydrogen) atoms. The molecule has 76 valence electrons. The van der Waals surface area contributed by atoms with Crippen LogP contribution < -0.4 is 0 Å². The van der Waals surface area contributed by atoms with E-state index < -0.39 is 0 Å². The zero-order chi connectivity index (χ0) is 10.0. The van der Waals surface area contributed by atoms with Crippen molar-refractivity contribution in [1.82, 2.24) is 4.90 Å². The van der Waals surface area contributed by atoms with Gasteiger partial charge >= 0.3 is 0 Å². The van der Waals surface area contributed by atoms with Crippen LogP contribution in [0.25, 0.3) is 0 Å². The summed E-state index contributed by atoms with van der Waals surface area (Å²) in [6, 6.07) is 0.441. The molecular weight excluding hydrogens is 162 g/mol. The Kier molecular flexibility index (Phi) is 3.48. The molecule has 2 atom stereocenters. The molecule has 0 aliphatic carbocycles. The second kappa shape index (κ2) is 4.23. The van der Waals surface area contributed by atoms with Crippen molar-refractivity contribution in [2.75, 3.05) is 13.6 Å². The van der Waals surface area contributed by atoms with E-state index in [1.807, 2.05) is 0 Å². The Morgan fingerprint density at radius 2 is 2.15 bits per heavy atom. The summed E-state index contributed by atoms with van der Waals surface area (Å²) in [6.07, 6.45) is 1.80. The maximum absolute atomic E-state index is 11.7. The highest BCUT2D eigenvalue weighted by molar-refractivity contribution is 5.82. The lowest BCUT2D eigenvalue weighted by molar-refractivity contribution is -0.128. The molecule has 1 aliphatic rings. The summed E-state index contributed by atoms with van der Waals surface area (Å²) in [5, 5.41) is 0. The first-order valence-corrected chi connectivity index (χ1v) is 5.23. The highest BCUT2D eigenvalue weighted by Crippen LogP contribution is 2.22. The van der Waals surface area contributed by atoms with E-state index >= 15 is 0 Å². The van der Waals surface area contributed by atoms with Crippen molar-refractivity contribution in [3.63, 3.8) is 0 Å². The minimum atomic E-state index is 0.293. The number of nitrogens with zero attached hydrogens (tertiary/aromatic N) is 1. The summed E-state index contributed by atoms with van der Waals surface area (Å²) in [6.45, 7) is 7.46. The largest absolute Gasteiger partial charge is 0.303 e. The molecule has 1 rings (SSSR count). The average Bonchev–Trinajstić information content (AvgIpc) is 1.99. The molecule has 0 spiro atoms. The minimum Gasteiger partial charge on any atom is -0.303 e. The Bertz CT molecular complexity index is 189. The van der Waals surface area contributed by atoms with Gasteiger partial charge in [0.25, 0.3) is 0 Å². The smallest absolute Gasteiger partial charge is 0.138 e. The lowest BCUT2D eigenvalue weighted by Gasteiger charge is -2.34. The van der Waals surface area contributed by atoms with Crippen LogP contribution in [-0.4, -0.2) is 30.3 Å². The first kappa shape index (κ1) is 10.7. The van der Waals surface area contributed by atoms with Crippen LogP contribution >= 0.6 is 0 Å². The quantitative estimate of drug-likeness (QED) is 0.652. The molecule has 2 nitrogen and oxygen atoms in total. The molecule has 0 bridgehead atoms. The third-order valence-corrected chi connectivity index (χ3v) is 2.97. The van der Waals surface area contributed by atoms with E-state index in [0.29, 0.717) is 23.7 Å². The fourth-order valence-electron chi connectivity index (χ4n) is 2.02. The van der Waals surface area contributed by atoms with Crippen molar-refractivity contribution < 1.29 is 4.79 Å². The lowest BCUT2D eigenvalue weighted by atomic mass is 9.86. The second-order valence-corrected chi connectivity index (χ2v) is 4.79. The average molecular weight is 183 g/mol. The molecule has 0 aromatic rings. The summed E-state index contributed by atoms with van der Waals surface area (Å²) in [5.74, 6) is 1.40. The Hall–Kier alpha value is -0.370. The van der Waals surface area contributed by atoms with Gasteiger partial charge in [0, 0.05) is 24.9 Å². The maximum Gasteiger partial charge on any atom is 0.138 e. The fourth-order valence-corrected chi connectivity index (χ4v) is 2.02. The molecular formula is C11H21NO. The van der Waals surface area contributed by atoms with Gasteiger partial charge < -0.3 is 4.90 Å². The molecule has 0 amide bonds. The third-order valence-electron chi connectivity index (χ3n) is 2.97. The Morgan fingerprint density at radius 3 is 2.69 bits per heavy atom. The van der Waals surface area contributed by atoms with Gasteiger partial charge in [-0.15, -0.1) is 0 Å². The first-order chi connectivity index (χ1) is 6.00. The number of hydrogen-bond donors (Lipinski definition) is 0. The van der Waals surface area contributed by atoms with Gasteiger partial charge in [0.15, 0.2) is 0 Å². The van der Waals surface area contributed by atoms with Crippen LogP contribution in [-0.2, 0) is 4.79 Å². The van der Waals surface area contributed by atoms with E-state index in [2.05, 4.69) is 32.7 Å². The number of ketones is 1. The minimum absolute atomic E-state index is 0.293. The molecule has 0 radical (unpaired) electrons. The predicted molar refractivity (Wildman–Crippen MR) is 54.7 cm³/mol. The van der Waals surface area contributed by atoms with Gasteiger partial charge in [0.1, 0.15) is 5.78 Å². The number of rotatable bonds is 2. The van der Waals surface area contributed by atoms with Gasteiger partial charge in [-0.3, -0.25) is 4.79 Å². The van der Waals surface area contributed by atoms with Crippen LogP contribution in [0, 0.1) is 11.8 Å². The number of carbonyl (C=O) groups is 1. The van der Waals surface area contributed by atoms with Crippen LogP contribution in [0.4, 0.5) is 0 Å². The Labute approximate surface area is 81.3 Å². The summed E-state index contributed by atoms with van der Waals surface area (Å²) in [7, 11) is 2.12. The number of likely N-dealkylation sites (tertiary alicyclic amines) is 1. The topological polar surface area (TPSA) is 20.3 Å². The number of piperidine rings is 1. The zero-order valence-electron chi connectivity index (χ0n) is 9.21. The summed E-state index contributed by atoms with van der Waals surface area (Å²) < 4.78 is 0. The van der Waals surface area contributed by atoms with Crippen molar-refractivity contribution in [3.05, 3.63) is 0 Å². The zero-order valence-corrected chi connectivity index (χ0v) is 9.21. The highest BCUT2D eigenvalue weighted by atomic mass is 16.1. The SMILES string of the molecule is CC(C)CC1CN(C)C(C)CC1=O. The predicted octanol–water partition coefficient (Wildman–Crippen LogP) is 1.94. The van der Waals surface area contributed by atoms with E-state index in [4.69, 9.17) is 0 Å². The van der Waals surface area contributed by atoms with Crippen LogP contribution in [0.15, 0.2) is 0 Å². The summed E-state index contributed by atoms with van der Waals surface area (Å²) in [4.78, 5) is 14.0. The van der Waals surface area contributed by atoms with Crippen LogP contribution in [0.1, 0.15) is 33.6 Å². The van der Waals surface area contributed by atoms with E-state index in [-0.39, 0.29) is 0 Å². The molecule has 2 unspecified atom stereocenters. The molecule has 2 heteroatoms. The second-order valence-electron chi connectivity index (χ2n) is 4.79. The Balaban J connectivity index is 2.51. The van der Waals surface area contributed by atoms with Gasteiger partial charge in [0.05, 0.1) is 0 Å². The number of carbonyl (C=O) groups excluding carboxylic acids is 1. The van der Waals surface area contributed by atoms with Crippen molar-refractivity contribution in [3.8, 4) is 0 Å². The highest BCUT2D eigenvalue weighted by Gasteiger charge is 2.29. The van der Waals surface area contributed by atoms with Crippen LogP contribution in [0.2, 0.25) is 0 Å². The molecule has 1 heterocycles. The van der Waals surface area contributed by atoms with Crippen molar-refractivity contribution in [1.29, 1.82) is 0 Å². The molecule has 0 aromatic heterocycles. The van der Waals surface area contributed by atoms with Crippen LogP contribution in [0.3, 0.4) is 0 Å². The first-order valence-electron chi connectivity index (χ1n) is 5.23. The standard InChI is InChI=1S/C11H21NO/c1-8(2)5-10-7-12(4)9(3)6-11(10)13/h8-10H,5-7H2,1-4H3. The van der Waals surface area contributed by atoms with Gasteiger partial charge in [0.2, 0.25) is 0 Å². The number of Topliss-reactive ketones (excluding diaryl/α,β-unsaturated/α-hetero) is 1. The molecule has 0 saturated carbocycles. The van der Waals surface area contributed by atoms with Crippen LogP contribution in [0.5, 0.6) is 0 Å². The lowest BCUT2D eigenvalue weighted by Crippen LogP contribution is -2.44. The van der Waals surface area contributed by atoms with E-state index in [1.165, 1.54) is 0 Å².